The van der Waals surface area contributed by atoms with E-state index in [2.05, 4.69) is 22.5 Å². The molecule has 22 heavy (non-hydrogen) atoms. The molecule has 3 N–H and O–H groups in total. The van der Waals surface area contributed by atoms with Gasteiger partial charge in [-0.05, 0) is 31.6 Å². The molecule has 1 amide bonds. The maximum absolute atomic E-state index is 12.1. The Hall–Kier alpha value is -0.690. The predicted molar refractivity (Wildman–Crippen MR) is 90.8 cm³/mol. The van der Waals surface area contributed by atoms with Crippen LogP contribution in [0.2, 0.25) is 0 Å². The summed E-state index contributed by atoms with van der Waals surface area (Å²) in [5, 5.41) is 16.1. The van der Waals surface area contributed by atoms with Crippen molar-refractivity contribution in [2.75, 3.05) is 11.9 Å². The highest BCUT2D eigenvalue weighted by Crippen LogP contribution is 2.34. The van der Waals surface area contributed by atoms with Crippen LogP contribution in [0.1, 0.15) is 43.2 Å². The lowest BCUT2D eigenvalue weighted by atomic mass is 9.88. The summed E-state index contributed by atoms with van der Waals surface area (Å²) in [4.78, 5) is 18.0. The first-order valence-corrected chi connectivity index (χ1v) is 8.68. The van der Waals surface area contributed by atoms with Crippen LogP contribution in [0.4, 0.5) is 5.13 Å². The highest BCUT2D eigenvalue weighted by Gasteiger charge is 2.29. The van der Waals surface area contributed by atoms with E-state index in [1.807, 2.05) is 0 Å². The van der Waals surface area contributed by atoms with E-state index in [1.54, 1.807) is 11.3 Å². The number of aromatic nitrogens is 1. The number of anilines is 1. The molecular formula is C15H24ClN3O2S. The normalized spacial score (nSPS) is 27.1. The van der Waals surface area contributed by atoms with E-state index in [0.29, 0.717) is 18.1 Å². The molecule has 0 spiro atoms. The second-order valence-electron chi connectivity index (χ2n) is 6.13. The van der Waals surface area contributed by atoms with Gasteiger partial charge in [0.05, 0.1) is 17.8 Å². The van der Waals surface area contributed by atoms with Crippen molar-refractivity contribution in [3.63, 3.8) is 0 Å². The number of aliphatic hydroxyl groups is 1. The summed E-state index contributed by atoms with van der Waals surface area (Å²) < 4.78 is 0. The van der Waals surface area contributed by atoms with Crippen molar-refractivity contribution in [2.45, 2.75) is 57.6 Å². The molecule has 0 radical (unpaired) electrons. The lowest BCUT2D eigenvalue weighted by molar-refractivity contribution is -0.117. The van der Waals surface area contributed by atoms with Crippen LogP contribution >= 0.6 is 23.7 Å². The average molecular weight is 346 g/mol. The number of β-amino-alcohol motifs (C(OH)–C–C–N with tert-alkyl or cyclic N) is 1. The number of halogens is 1. The number of hydrogen-bond donors (Lipinski definition) is 3. The summed E-state index contributed by atoms with van der Waals surface area (Å²) in [6.07, 6.45) is 5.94. The Kier molecular flexibility index (Phi) is 6.20. The molecule has 0 bridgehead atoms. The zero-order valence-corrected chi connectivity index (χ0v) is 14.4. The van der Waals surface area contributed by atoms with E-state index in [-0.39, 0.29) is 24.4 Å². The molecule has 1 saturated heterocycles. The summed E-state index contributed by atoms with van der Waals surface area (Å²) in [6, 6.07) is -0.297. The van der Waals surface area contributed by atoms with Crippen LogP contribution < -0.4 is 10.6 Å². The molecule has 1 aliphatic heterocycles. The molecule has 2 aliphatic rings. The lowest BCUT2D eigenvalue weighted by Gasteiger charge is -2.19. The van der Waals surface area contributed by atoms with Crippen molar-refractivity contribution >= 4 is 34.8 Å². The fourth-order valence-corrected chi connectivity index (χ4v) is 4.39. The number of aryl methyl sites for hydroxylation is 1. The predicted octanol–water partition coefficient (Wildman–Crippen LogP) is 2.13. The molecule has 3 rings (SSSR count). The number of thiazole rings is 1. The first-order valence-electron chi connectivity index (χ1n) is 7.86. The molecule has 1 aromatic rings. The Morgan fingerprint density at radius 1 is 1.55 bits per heavy atom. The fraction of sp³-hybridized carbons (Fsp3) is 0.733. The van der Waals surface area contributed by atoms with Gasteiger partial charge in [0.2, 0.25) is 5.91 Å². The number of fused-ring (bicyclic) bond motifs is 1. The van der Waals surface area contributed by atoms with Gasteiger partial charge in [-0.1, -0.05) is 19.8 Å². The van der Waals surface area contributed by atoms with Crippen molar-refractivity contribution in [3.05, 3.63) is 10.6 Å². The van der Waals surface area contributed by atoms with Gasteiger partial charge in [-0.3, -0.25) is 4.79 Å². The van der Waals surface area contributed by atoms with Crippen molar-refractivity contribution in [3.8, 4) is 0 Å². The van der Waals surface area contributed by atoms with Crippen LogP contribution in [0, 0.1) is 5.92 Å². The summed E-state index contributed by atoms with van der Waals surface area (Å²) in [7, 11) is 0. The number of nitrogens with one attached hydrogen (secondary N) is 2. The summed E-state index contributed by atoms with van der Waals surface area (Å²) >= 11 is 1.62. The van der Waals surface area contributed by atoms with Crippen LogP contribution in [0.15, 0.2) is 0 Å². The third-order valence-electron chi connectivity index (χ3n) is 4.39. The van der Waals surface area contributed by atoms with Crippen LogP contribution in [-0.2, 0) is 17.6 Å². The first-order chi connectivity index (χ1) is 10.2. The van der Waals surface area contributed by atoms with Gasteiger partial charge in [0.1, 0.15) is 0 Å². The summed E-state index contributed by atoms with van der Waals surface area (Å²) in [5.74, 6) is 0.695. The van der Waals surface area contributed by atoms with Gasteiger partial charge in [-0.25, -0.2) is 4.98 Å². The van der Waals surface area contributed by atoms with Gasteiger partial charge < -0.3 is 15.7 Å². The number of amides is 1. The topological polar surface area (TPSA) is 74.2 Å². The molecule has 1 aliphatic carbocycles. The molecule has 3 unspecified atom stereocenters. The number of carbonyl (C=O) groups excluding carboxylic acids is 1. The van der Waals surface area contributed by atoms with Crippen molar-refractivity contribution in [1.29, 1.82) is 0 Å². The highest BCUT2D eigenvalue weighted by molar-refractivity contribution is 7.15. The van der Waals surface area contributed by atoms with E-state index < -0.39 is 6.10 Å². The molecule has 5 nitrogen and oxygen atoms in total. The molecule has 7 heteroatoms. The molecular weight excluding hydrogens is 322 g/mol. The number of aliphatic hydroxyl groups excluding tert-OH is 1. The molecule has 0 aromatic carbocycles. The van der Waals surface area contributed by atoms with Crippen molar-refractivity contribution < 1.29 is 9.90 Å². The molecule has 1 fully saturated rings. The van der Waals surface area contributed by atoms with Crippen LogP contribution in [0.25, 0.3) is 0 Å². The minimum atomic E-state index is -0.417. The van der Waals surface area contributed by atoms with E-state index >= 15 is 0 Å². The monoisotopic (exact) mass is 345 g/mol. The smallest absolute Gasteiger partial charge is 0.243 e. The maximum atomic E-state index is 12.1. The Bertz CT molecular complexity index is 523. The average Bonchev–Trinajstić information content (AvgIpc) is 3.04. The quantitative estimate of drug-likeness (QED) is 0.781. The molecule has 124 valence electrons. The Balaban J connectivity index is 0.00000176. The molecule has 1 aromatic heterocycles. The summed E-state index contributed by atoms with van der Waals surface area (Å²) in [6.45, 7) is 2.72. The van der Waals surface area contributed by atoms with E-state index in [4.69, 9.17) is 0 Å². The van der Waals surface area contributed by atoms with Crippen molar-refractivity contribution in [1.82, 2.24) is 10.3 Å². The van der Waals surface area contributed by atoms with Gasteiger partial charge >= 0.3 is 0 Å². The third-order valence-corrected chi connectivity index (χ3v) is 5.43. The number of hydrogen-bond acceptors (Lipinski definition) is 5. The van der Waals surface area contributed by atoms with Crippen LogP contribution in [0.5, 0.6) is 0 Å². The fourth-order valence-electron chi connectivity index (χ4n) is 3.26. The minimum Gasteiger partial charge on any atom is -0.392 e. The molecule has 2 heterocycles. The van der Waals surface area contributed by atoms with Crippen LogP contribution in [0.3, 0.4) is 0 Å². The molecule has 0 saturated carbocycles. The van der Waals surface area contributed by atoms with E-state index in [1.165, 1.54) is 29.8 Å². The lowest BCUT2D eigenvalue weighted by Crippen LogP contribution is -2.35. The minimum absolute atomic E-state index is 0. The zero-order chi connectivity index (χ0) is 14.8. The van der Waals surface area contributed by atoms with Crippen molar-refractivity contribution in [2.24, 2.45) is 5.92 Å². The second-order valence-corrected chi connectivity index (χ2v) is 7.21. The summed E-state index contributed by atoms with van der Waals surface area (Å²) in [5.41, 5.74) is 1.17. The standard InChI is InChI=1S/C15H23N3O2S.ClH/c1-2-3-9-4-5-11-13(6-9)21-15(17-11)18-14(20)12-7-10(19)8-16-12;/h9-10,12,16,19H,2-8H2,1H3,(H,17,18,20);1H. The highest BCUT2D eigenvalue weighted by atomic mass is 35.5. The SMILES string of the molecule is CCCC1CCc2nc(NC(=O)C3CC(O)CN3)sc2C1.Cl. The van der Waals surface area contributed by atoms with Gasteiger partial charge in [-0.15, -0.1) is 23.7 Å². The van der Waals surface area contributed by atoms with Gasteiger partial charge in [-0.2, -0.15) is 0 Å². The number of carbonyl (C=O) groups is 1. The van der Waals surface area contributed by atoms with E-state index in [9.17, 15) is 9.90 Å². The number of nitrogens with zero attached hydrogens (tertiary/aromatic N) is 1. The van der Waals surface area contributed by atoms with Gasteiger partial charge in [0, 0.05) is 11.4 Å². The maximum Gasteiger partial charge on any atom is 0.243 e. The second kappa shape index (κ2) is 7.73. The number of rotatable bonds is 4. The largest absolute Gasteiger partial charge is 0.392 e. The van der Waals surface area contributed by atoms with Crippen LogP contribution in [-0.4, -0.2) is 34.7 Å². The van der Waals surface area contributed by atoms with Gasteiger partial charge in [0.25, 0.3) is 0 Å². The Labute approximate surface area is 141 Å². The van der Waals surface area contributed by atoms with E-state index in [0.717, 1.165) is 18.8 Å². The Morgan fingerprint density at radius 2 is 2.36 bits per heavy atom. The zero-order valence-electron chi connectivity index (χ0n) is 12.8. The third kappa shape index (κ3) is 3.98. The van der Waals surface area contributed by atoms with Gasteiger partial charge in [0.15, 0.2) is 5.13 Å². The Morgan fingerprint density at radius 3 is 3.05 bits per heavy atom. The first kappa shape index (κ1) is 17.7. The molecule has 3 atom stereocenters.